The highest BCUT2D eigenvalue weighted by Gasteiger charge is 2.40. The predicted molar refractivity (Wildman–Crippen MR) is 185 cm³/mol. The van der Waals surface area contributed by atoms with Crippen LogP contribution in [0.1, 0.15) is 48.2 Å². The first kappa shape index (κ1) is 38.2. The topological polar surface area (TPSA) is 127 Å². The number of benzene rings is 1. The van der Waals surface area contributed by atoms with Crippen molar-refractivity contribution in [1.29, 1.82) is 0 Å². The van der Waals surface area contributed by atoms with Crippen LogP contribution in [0.3, 0.4) is 0 Å². The SMILES string of the molecule is C=CC(=O)N1CCN(c2c(/C=C(\N(C)c3c(N)c(Cl)cc(Cl)c3F)C(F)(F)F)c(C=O)n(-c3c(CC)ncnc3CC)c(=O)c2OCC)CC1. The van der Waals surface area contributed by atoms with E-state index in [1.807, 2.05) is 0 Å². The number of carbonyl (C=O) groups is 2. The summed E-state index contributed by atoms with van der Waals surface area (Å²) in [5.41, 5.74) is 2.16. The Morgan fingerprint density at radius 3 is 2.18 bits per heavy atom. The van der Waals surface area contributed by atoms with Crippen LogP contribution in [0.15, 0.2) is 35.5 Å². The summed E-state index contributed by atoms with van der Waals surface area (Å²) in [6.45, 7) is 8.82. The van der Waals surface area contributed by atoms with E-state index in [0.29, 0.717) is 22.4 Å². The van der Waals surface area contributed by atoms with Gasteiger partial charge in [-0.1, -0.05) is 43.6 Å². The average Bonchev–Trinajstić information content (AvgIpc) is 3.09. The Labute approximate surface area is 295 Å². The van der Waals surface area contributed by atoms with Gasteiger partial charge in [-0.15, -0.1) is 0 Å². The molecule has 1 fully saturated rings. The smallest absolute Gasteiger partial charge is 0.431 e. The number of pyridine rings is 1. The summed E-state index contributed by atoms with van der Waals surface area (Å²) < 4.78 is 67.8. The summed E-state index contributed by atoms with van der Waals surface area (Å²) in [7, 11) is 0.912. The van der Waals surface area contributed by atoms with Crippen LogP contribution in [0.2, 0.25) is 10.0 Å². The third-order valence-corrected chi connectivity index (χ3v) is 8.77. The van der Waals surface area contributed by atoms with E-state index in [1.165, 1.54) is 11.2 Å². The maximum Gasteiger partial charge on any atom is 0.431 e. The van der Waals surface area contributed by atoms with E-state index < -0.39 is 45.3 Å². The van der Waals surface area contributed by atoms with Crippen LogP contribution in [0.5, 0.6) is 5.75 Å². The lowest BCUT2D eigenvalue weighted by Crippen LogP contribution is -2.49. The Kier molecular flexibility index (Phi) is 11.8. The van der Waals surface area contributed by atoms with Crippen molar-refractivity contribution in [1.82, 2.24) is 19.4 Å². The molecule has 2 aromatic heterocycles. The molecule has 3 heterocycles. The third-order valence-electron chi connectivity index (χ3n) is 8.19. The number of rotatable bonds is 11. The molecule has 2 N–H and O–H groups in total. The van der Waals surface area contributed by atoms with Gasteiger partial charge in [-0.3, -0.25) is 19.0 Å². The number of anilines is 3. The fraction of sp³-hybridized carbons (Fsp3) is 0.364. The van der Waals surface area contributed by atoms with Crippen LogP contribution in [0, 0.1) is 5.82 Å². The van der Waals surface area contributed by atoms with Crippen LogP contribution >= 0.6 is 23.2 Å². The first-order valence-electron chi connectivity index (χ1n) is 15.5. The van der Waals surface area contributed by atoms with Crippen molar-refractivity contribution in [2.45, 2.75) is 39.8 Å². The number of aromatic nitrogens is 3. The highest BCUT2D eigenvalue weighted by molar-refractivity contribution is 6.37. The van der Waals surface area contributed by atoms with Gasteiger partial charge in [-0.05, 0) is 38.0 Å². The number of ether oxygens (including phenoxy) is 1. The van der Waals surface area contributed by atoms with E-state index >= 15 is 17.6 Å². The lowest BCUT2D eigenvalue weighted by Gasteiger charge is -2.37. The molecule has 11 nitrogen and oxygen atoms in total. The number of carbonyl (C=O) groups excluding carboxylic acids is 2. The molecule has 1 aliphatic heterocycles. The van der Waals surface area contributed by atoms with E-state index in [-0.39, 0.29) is 85.5 Å². The van der Waals surface area contributed by atoms with Gasteiger partial charge in [0.05, 0.1) is 50.8 Å². The van der Waals surface area contributed by atoms with E-state index in [2.05, 4.69) is 16.5 Å². The van der Waals surface area contributed by atoms with Gasteiger partial charge in [0.25, 0.3) is 5.56 Å². The molecule has 0 bridgehead atoms. The maximum atomic E-state index is 15.4. The van der Waals surface area contributed by atoms with Crippen LogP contribution in [0.4, 0.5) is 34.6 Å². The molecule has 0 radical (unpaired) electrons. The zero-order valence-electron chi connectivity index (χ0n) is 27.7. The highest BCUT2D eigenvalue weighted by Crippen LogP contribution is 2.44. The Bertz CT molecular complexity index is 1860. The number of nitrogen functional groups attached to an aromatic ring is 1. The van der Waals surface area contributed by atoms with Crippen LogP contribution in [-0.4, -0.2) is 77.6 Å². The lowest BCUT2D eigenvalue weighted by molar-refractivity contribution is -0.126. The zero-order chi connectivity index (χ0) is 37.1. The fourth-order valence-corrected chi connectivity index (χ4v) is 6.26. The number of halogens is 6. The summed E-state index contributed by atoms with van der Waals surface area (Å²) in [5.74, 6) is -1.99. The fourth-order valence-electron chi connectivity index (χ4n) is 5.81. The number of amides is 1. The first-order chi connectivity index (χ1) is 23.7. The van der Waals surface area contributed by atoms with Crippen LogP contribution in [0.25, 0.3) is 11.8 Å². The molecule has 1 aliphatic rings. The number of aryl methyl sites for hydroxylation is 2. The summed E-state index contributed by atoms with van der Waals surface area (Å²) in [6, 6.07) is 0.963. The Morgan fingerprint density at radius 2 is 1.68 bits per heavy atom. The van der Waals surface area contributed by atoms with Gasteiger partial charge < -0.3 is 25.2 Å². The molecule has 0 spiro atoms. The number of hydrogen-bond acceptors (Lipinski definition) is 9. The van der Waals surface area contributed by atoms with Gasteiger partial charge >= 0.3 is 6.18 Å². The minimum Gasteiger partial charge on any atom is -0.487 e. The molecule has 1 saturated heterocycles. The lowest BCUT2D eigenvalue weighted by atomic mass is 10.0. The molecule has 0 saturated carbocycles. The molecule has 0 aliphatic carbocycles. The third kappa shape index (κ3) is 7.15. The normalized spacial score (nSPS) is 13.8. The summed E-state index contributed by atoms with van der Waals surface area (Å²) in [4.78, 5) is 52.0. The van der Waals surface area contributed by atoms with E-state index in [4.69, 9.17) is 33.7 Å². The number of aldehydes is 1. The standard InChI is InChI=1S/C33H35Cl2F4N7O4/c1-6-21-29(22(7-2)42-17-41-21)46-23(16-47)18(14-24(33(37,38)39)43(5)30-26(36)19(34)15-20(35)27(30)40)28(31(32(46)49)50-9-4)45-12-10-44(11-13-45)25(48)8-3/h8,14-17H,3,6-7,9-13,40H2,1-2,4-5H3/b24-14-. The van der Waals surface area contributed by atoms with Crippen molar-refractivity contribution >= 4 is 58.5 Å². The zero-order valence-corrected chi connectivity index (χ0v) is 29.2. The number of nitrogens with two attached hydrogens (primary N) is 1. The summed E-state index contributed by atoms with van der Waals surface area (Å²) in [6.07, 6.45) is -1.35. The number of alkyl halides is 3. The molecule has 4 rings (SSSR count). The molecule has 0 unspecified atom stereocenters. The van der Waals surface area contributed by atoms with Gasteiger partial charge in [0, 0.05) is 38.8 Å². The summed E-state index contributed by atoms with van der Waals surface area (Å²) in [5, 5.41) is -0.874. The van der Waals surface area contributed by atoms with E-state index in [9.17, 15) is 14.4 Å². The molecule has 268 valence electrons. The molecule has 3 aromatic rings. The first-order valence-corrected chi connectivity index (χ1v) is 16.3. The number of allylic oxidation sites excluding steroid dienone is 1. The highest BCUT2D eigenvalue weighted by atomic mass is 35.5. The van der Waals surface area contributed by atoms with Gasteiger partial charge in [0.2, 0.25) is 11.7 Å². The van der Waals surface area contributed by atoms with Gasteiger partial charge in [0.1, 0.15) is 17.7 Å². The number of piperazine rings is 1. The van der Waals surface area contributed by atoms with E-state index in [1.54, 1.807) is 25.7 Å². The van der Waals surface area contributed by atoms with Crippen molar-refractivity contribution in [3.05, 3.63) is 79.6 Å². The second-order valence-electron chi connectivity index (χ2n) is 11.0. The number of hydrogen-bond donors (Lipinski definition) is 1. The van der Waals surface area contributed by atoms with E-state index in [0.717, 1.165) is 23.8 Å². The van der Waals surface area contributed by atoms with Crippen molar-refractivity contribution < 1.29 is 31.9 Å². The van der Waals surface area contributed by atoms with Gasteiger partial charge in [-0.25, -0.2) is 14.4 Å². The van der Waals surface area contributed by atoms with Crippen molar-refractivity contribution in [3.8, 4) is 11.4 Å². The minimum atomic E-state index is -5.21. The van der Waals surface area contributed by atoms with Crippen molar-refractivity contribution in [2.75, 3.05) is 55.4 Å². The maximum absolute atomic E-state index is 15.4. The monoisotopic (exact) mass is 739 g/mol. The van der Waals surface area contributed by atoms with Gasteiger partial charge in [-0.2, -0.15) is 13.2 Å². The molecular formula is C33H35Cl2F4N7O4. The summed E-state index contributed by atoms with van der Waals surface area (Å²) >= 11 is 12.1. The van der Waals surface area contributed by atoms with Crippen molar-refractivity contribution in [3.63, 3.8) is 0 Å². The molecule has 50 heavy (non-hydrogen) atoms. The van der Waals surface area contributed by atoms with Crippen LogP contribution in [-0.2, 0) is 17.6 Å². The molecule has 1 aromatic carbocycles. The largest absolute Gasteiger partial charge is 0.487 e. The molecule has 17 heteroatoms. The molecular weight excluding hydrogens is 705 g/mol. The Morgan fingerprint density at radius 1 is 1.08 bits per heavy atom. The quantitative estimate of drug-likeness (QED) is 0.0846. The second kappa shape index (κ2) is 15.5. The number of nitrogens with zero attached hydrogens (tertiary/aromatic N) is 6. The van der Waals surface area contributed by atoms with Crippen molar-refractivity contribution in [2.24, 2.45) is 0 Å². The molecule has 0 atom stereocenters. The Hall–Kier alpha value is -4.63. The predicted octanol–water partition coefficient (Wildman–Crippen LogP) is 5.87. The molecule has 1 amide bonds. The second-order valence-corrected chi connectivity index (χ2v) is 11.8. The Balaban J connectivity index is 2.20. The minimum absolute atomic E-state index is 0.0414. The van der Waals surface area contributed by atoms with Gasteiger partial charge in [0.15, 0.2) is 12.1 Å². The van der Waals surface area contributed by atoms with Crippen LogP contribution < -0.4 is 25.8 Å². The average molecular weight is 741 g/mol.